The van der Waals surface area contributed by atoms with Gasteiger partial charge in [-0.25, -0.2) is 14.6 Å². The van der Waals surface area contributed by atoms with Crippen LogP contribution in [0.25, 0.3) is 5.82 Å². The van der Waals surface area contributed by atoms with Gasteiger partial charge in [-0.2, -0.15) is 5.10 Å². The molecule has 0 unspecified atom stereocenters. The van der Waals surface area contributed by atoms with Crippen LogP contribution < -0.4 is 5.32 Å². The van der Waals surface area contributed by atoms with E-state index >= 15 is 0 Å². The predicted molar refractivity (Wildman–Crippen MR) is 98.3 cm³/mol. The molecule has 128 valence electrons. The molecule has 25 heavy (non-hydrogen) atoms. The maximum absolute atomic E-state index is 12.1. The van der Waals surface area contributed by atoms with Crippen LogP contribution in [-0.4, -0.2) is 31.4 Å². The molecule has 0 saturated heterocycles. The molecule has 1 aromatic carbocycles. The van der Waals surface area contributed by atoms with Crippen LogP contribution in [0.3, 0.4) is 0 Å². The molecule has 0 saturated carbocycles. The fraction of sp³-hybridized carbons (Fsp3) is 0.222. The standard InChI is InChI=1S/C18H19N5OS/c1-14-4-2-5-15(8-14)10-25-11-17(24)21-9-16-6-3-7-20-18(16)23-13-19-12-22-23/h2-8,12-13H,9-11H2,1H3,(H,21,24). The second-order valence-electron chi connectivity index (χ2n) is 5.58. The van der Waals surface area contributed by atoms with E-state index in [1.807, 2.05) is 18.2 Å². The molecule has 7 heteroatoms. The Bertz CT molecular complexity index is 835. The maximum atomic E-state index is 12.1. The van der Waals surface area contributed by atoms with E-state index in [0.717, 1.165) is 11.3 Å². The molecule has 1 N–H and O–H groups in total. The van der Waals surface area contributed by atoms with Crippen molar-refractivity contribution in [3.05, 3.63) is 71.9 Å². The van der Waals surface area contributed by atoms with Crippen molar-refractivity contribution >= 4 is 17.7 Å². The van der Waals surface area contributed by atoms with Crippen molar-refractivity contribution in [1.29, 1.82) is 0 Å². The number of nitrogens with one attached hydrogen (secondary N) is 1. The molecule has 0 radical (unpaired) electrons. The zero-order valence-electron chi connectivity index (χ0n) is 13.9. The second-order valence-corrected chi connectivity index (χ2v) is 6.57. The van der Waals surface area contributed by atoms with Crippen molar-refractivity contribution in [1.82, 2.24) is 25.1 Å². The number of nitrogens with zero attached hydrogens (tertiary/aromatic N) is 4. The molecule has 0 bridgehead atoms. The largest absolute Gasteiger partial charge is 0.351 e. The van der Waals surface area contributed by atoms with Crippen LogP contribution in [0.4, 0.5) is 0 Å². The predicted octanol–water partition coefficient (Wildman–Crippen LogP) is 2.52. The molecule has 2 aromatic heterocycles. The Hall–Kier alpha value is -2.67. The van der Waals surface area contributed by atoms with Gasteiger partial charge in [-0.1, -0.05) is 35.9 Å². The van der Waals surface area contributed by atoms with Gasteiger partial charge in [0, 0.05) is 24.1 Å². The number of rotatable bonds is 7. The number of amides is 1. The minimum Gasteiger partial charge on any atom is -0.351 e. The molecule has 1 amide bonds. The summed E-state index contributed by atoms with van der Waals surface area (Å²) in [6.45, 7) is 2.48. The smallest absolute Gasteiger partial charge is 0.230 e. The van der Waals surface area contributed by atoms with Gasteiger partial charge in [0.25, 0.3) is 0 Å². The van der Waals surface area contributed by atoms with Gasteiger partial charge in [0.15, 0.2) is 5.82 Å². The number of hydrogen-bond acceptors (Lipinski definition) is 5. The highest BCUT2D eigenvalue weighted by Gasteiger charge is 2.08. The summed E-state index contributed by atoms with van der Waals surface area (Å²) in [6.07, 6.45) is 4.74. The number of hydrogen-bond donors (Lipinski definition) is 1. The van der Waals surface area contributed by atoms with Gasteiger partial charge in [0.1, 0.15) is 12.7 Å². The molecular weight excluding hydrogens is 334 g/mol. The van der Waals surface area contributed by atoms with E-state index < -0.39 is 0 Å². The first kappa shape index (κ1) is 17.2. The van der Waals surface area contributed by atoms with Crippen molar-refractivity contribution in [2.24, 2.45) is 0 Å². The third-order valence-corrected chi connectivity index (χ3v) is 4.57. The first-order valence-electron chi connectivity index (χ1n) is 7.91. The van der Waals surface area contributed by atoms with Crippen molar-refractivity contribution in [3.63, 3.8) is 0 Å². The van der Waals surface area contributed by atoms with E-state index in [-0.39, 0.29) is 5.91 Å². The quantitative estimate of drug-likeness (QED) is 0.707. The van der Waals surface area contributed by atoms with Crippen LogP contribution in [0.5, 0.6) is 0 Å². The van der Waals surface area contributed by atoms with Gasteiger partial charge in [-0.05, 0) is 18.6 Å². The van der Waals surface area contributed by atoms with Crippen LogP contribution in [-0.2, 0) is 17.1 Å². The molecule has 0 spiro atoms. The van der Waals surface area contributed by atoms with Crippen molar-refractivity contribution in [2.75, 3.05) is 5.75 Å². The number of benzene rings is 1. The first-order valence-corrected chi connectivity index (χ1v) is 9.07. The number of aromatic nitrogens is 4. The third kappa shape index (κ3) is 4.90. The molecule has 3 rings (SSSR count). The van der Waals surface area contributed by atoms with Crippen LogP contribution >= 0.6 is 11.8 Å². The highest BCUT2D eigenvalue weighted by molar-refractivity contribution is 7.99. The van der Waals surface area contributed by atoms with Crippen LogP contribution in [0.15, 0.2) is 55.2 Å². The molecule has 3 aromatic rings. The van der Waals surface area contributed by atoms with Crippen molar-refractivity contribution in [2.45, 2.75) is 19.2 Å². The Balaban J connectivity index is 1.50. The summed E-state index contributed by atoms with van der Waals surface area (Å²) >= 11 is 1.61. The minimum absolute atomic E-state index is 0.00560. The zero-order chi connectivity index (χ0) is 17.5. The molecule has 0 aliphatic heterocycles. The number of aryl methyl sites for hydroxylation is 1. The van der Waals surface area contributed by atoms with Crippen LogP contribution in [0, 0.1) is 6.92 Å². The lowest BCUT2D eigenvalue weighted by Crippen LogP contribution is -2.25. The summed E-state index contributed by atoms with van der Waals surface area (Å²) in [5, 5.41) is 7.03. The molecule has 0 fully saturated rings. The van der Waals surface area contributed by atoms with Gasteiger partial charge < -0.3 is 5.32 Å². The Morgan fingerprint density at radius 1 is 1.28 bits per heavy atom. The Morgan fingerprint density at radius 3 is 3.00 bits per heavy atom. The van der Waals surface area contributed by atoms with Gasteiger partial charge in [-0.3, -0.25) is 4.79 Å². The fourth-order valence-electron chi connectivity index (χ4n) is 2.40. The maximum Gasteiger partial charge on any atom is 0.230 e. The van der Waals surface area contributed by atoms with Gasteiger partial charge in [0.05, 0.1) is 5.75 Å². The molecule has 0 aliphatic rings. The van der Waals surface area contributed by atoms with Crippen LogP contribution in [0.1, 0.15) is 16.7 Å². The average molecular weight is 353 g/mol. The normalized spacial score (nSPS) is 10.6. The third-order valence-electron chi connectivity index (χ3n) is 3.56. The number of carbonyl (C=O) groups is 1. The average Bonchev–Trinajstić information content (AvgIpc) is 3.15. The SMILES string of the molecule is Cc1cccc(CSCC(=O)NCc2cccnc2-n2cncn2)c1. The minimum atomic E-state index is 0.00560. The fourth-order valence-corrected chi connectivity index (χ4v) is 3.21. The Kier molecular flexibility index (Phi) is 5.79. The van der Waals surface area contributed by atoms with E-state index in [0.29, 0.717) is 18.1 Å². The summed E-state index contributed by atoms with van der Waals surface area (Å²) in [5.74, 6) is 1.93. The Morgan fingerprint density at radius 2 is 2.20 bits per heavy atom. The highest BCUT2D eigenvalue weighted by atomic mass is 32.2. The highest BCUT2D eigenvalue weighted by Crippen LogP contribution is 2.14. The lowest BCUT2D eigenvalue weighted by molar-refractivity contribution is -0.118. The molecule has 2 heterocycles. The van der Waals surface area contributed by atoms with Crippen molar-refractivity contribution in [3.8, 4) is 5.82 Å². The first-order chi connectivity index (χ1) is 12.2. The number of thioether (sulfide) groups is 1. The van der Waals surface area contributed by atoms with Crippen molar-refractivity contribution < 1.29 is 4.79 Å². The number of carbonyl (C=O) groups excluding carboxylic acids is 1. The van der Waals surface area contributed by atoms with Crippen LogP contribution in [0.2, 0.25) is 0 Å². The molecule has 0 atom stereocenters. The second kappa shape index (κ2) is 8.43. The Labute approximate surface area is 150 Å². The summed E-state index contributed by atoms with van der Waals surface area (Å²) in [6, 6.07) is 12.1. The summed E-state index contributed by atoms with van der Waals surface area (Å²) in [4.78, 5) is 20.3. The van der Waals surface area contributed by atoms with E-state index in [9.17, 15) is 4.79 Å². The summed E-state index contributed by atoms with van der Waals surface area (Å²) in [5.41, 5.74) is 3.36. The molecular formula is C18H19N5OS. The van der Waals surface area contributed by atoms with E-state index in [1.54, 1.807) is 29.0 Å². The van der Waals surface area contributed by atoms with E-state index in [1.165, 1.54) is 17.5 Å². The van der Waals surface area contributed by atoms with Gasteiger partial charge >= 0.3 is 0 Å². The monoisotopic (exact) mass is 353 g/mol. The topological polar surface area (TPSA) is 72.7 Å². The lowest BCUT2D eigenvalue weighted by Gasteiger charge is -2.09. The summed E-state index contributed by atoms with van der Waals surface area (Å²) in [7, 11) is 0. The van der Waals surface area contributed by atoms with Gasteiger partial charge in [-0.15, -0.1) is 11.8 Å². The van der Waals surface area contributed by atoms with Gasteiger partial charge in [0.2, 0.25) is 5.91 Å². The summed E-state index contributed by atoms with van der Waals surface area (Å²) < 4.78 is 1.59. The number of pyridine rings is 1. The van der Waals surface area contributed by atoms with E-state index in [2.05, 4.69) is 45.5 Å². The lowest BCUT2D eigenvalue weighted by atomic mass is 10.2. The van der Waals surface area contributed by atoms with E-state index in [4.69, 9.17) is 0 Å². The zero-order valence-corrected chi connectivity index (χ0v) is 14.7. The molecule has 0 aliphatic carbocycles. The molecule has 6 nitrogen and oxygen atoms in total.